The molecule has 0 bridgehead atoms. The Labute approximate surface area is 156 Å². The van der Waals surface area contributed by atoms with Crippen LogP contribution in [0.5, 0.6) is 0 Å². The molecule has 2 rings (SSSR count). The molecule has 2 aromatic rings. The molecule has 0 saturated carbocycles. The van der Waals surface area contributed by atoms with E-state index in [0.717, 1.165) is 11.1 Å². The largest absolute Gasteiger partial charge is 0.466 e. The lowest BCUT2D eigenvalue weighted by Gasteiger charge is -2.21. The van der Waals surface area contributed by atoms with Gasteiger partial charge in [0.1, 0.15) is 11.5 Å². The molecular weight excluding hydrogens is 348 g/mol. The number of allylic oxidation sites excluding steroid dienone is 2. The summed E-state index contributed by atoms with van der Waals surface area (Å²) in [7, 11) is 0. The van der Waals surface area contributed by atoms with E-state index in [9.17, 15) is 20.2 Å². The summed E-state index contributed by atoms with van der Waals surface area (Å²) in [6, 6.07) is 12.4. The van der Waals surface area contributed by atoms with Gasteiger partial charge in [-0.1, -0.05) is 51.3 Å². The molecule has 0 amide bonds. The van der Waals surface area contributed by atoms with Gasteiger partial charge in [0.05, 0.1) is 9.85 Å². The van der Waals surface area contributed by atoms with Gasteiger partial charge in [-0.3, -0.25) is 20.2 Å². The zero-order chi connectivity index (χ0) is 20.1. The minimum atomic E-state index is -0.451. The number of nitrogens with zero attached hydrogens (tertiary/aromatic N) is 2. The number of ether oxygens (including phenoxy) is 1. The molecular formula is C20H20N2O5. The zero-order valence-electron chi connectivity index (χ0n) is 15.1. The second kappa shape index (κ2) is 8.27. The average molecular weight is 368 g/mol. The normalized spacial score (nSPS) is 12.7. The maximum Gasteiger partial charge on any atom is 0.269 e. The third-order valence-electron chi connectivity index (χ3n) is 4.44. The van der Waals surface area contributed by atoms with Gasteiger partial charge >= 0.3 is 0 Å². The van der Waals surface area contributed by atoms with E-state index in [1.54, 1.807) is 24.3 Å². The standard InChI is InChI=1S/C20H20N2O5/c1-13(17-5-9-19(10-6-17)21(23)24)15(3)27-16(4)14(2)18-7-11-20(12-8-18)22(25)26/h5-14H,3-4H2,1-2H3. The van der Waals surface area contributed by atoms with Gasteiger partial charge in [-0.25, -0.2) is 0 Å². The van der Waals surface area contributed by atoms with Crippen molar-refractivity contribution in [2.75, 3.05) is 0 Å². The number of hydrogen-bond donors (Lipinski definition) is 0. The monoisotopic (exact) mass is 368 g/mol. The lowest BCUT2D eigenvalue weighted by atomic mass is 9.97. The van der Waals surface area contributed by atoms with Gasteiger partial charge in [0.25, 0.3) is 11.4 Å². The summed E-state index contributed by atoms with van der Waals surface area (Å²) in [5.74, 6) is 0.545. The Kier molecular flexibility index (Phi) is 6.07. The number of nitro benzene ring substituents is 2. The van der Waals surface area contributed by atoms with Gasteiger partial charge in [-0.15, -0.1) is 0 Å². The van der Waals surface area contributed by atoms with Crippen LogP contribution in [0.25, 0.3) is 0 Å². The molecule has 140 valence electrons. The highest BCUT2D eigenvalue weighted by atomic mass is 16.6. The van der Waals surface area contributed by atoms with Crippen molar-refractivity contribution in [2.45, 2.75) is 25.7 Å². The van der Waals surface area contributed by atoms with Gasteiger partial charge in [0.15, 0.2) is 0 Å². The van der Waals surface area contributed by atoms with Crippen LogP contribution in [0.3, 0.4) is 0 Å². The molecule has 0 saturated heterocycles. The van der Waals surface area contributed by atoms with Crippen molar-refractivity contribution < 1.29 is 14.6 Å². The van der Waals surface area contributed by atoms with Gasteiger partial charge in [0, 0.05) is 36.1 Å². The molecule has 7 nitrogen and oxygen atoms in total. The maximum atomic E-state index is 10.7. The third-order valence-corrected chi connectivity index (χ3v) is 4.44. The predicted molar refractivity (Wildman–Crippen MR) is 102 cm³/mol. The summed E-state index contributed by atoms with van der Waals surface area (Å²) >= 11 is 0. The Hall–Kier alpha value is -3.48. The fraction of sp³-hybridized carbons (Fsp3) is 0.200. The smallest absolute Gasteiger partial charge is 0.269 e. The minimum absolute atomic E-state index is 0.0219. The molecule has 0 aromatic heterocycles. The maximum absolute atomic E-state index is 10.7. The Morgan fingerprint density at radius 3 is 1.33 bits per heavy atom. The van der Waals surface area contributed by atoms with Crippen molar-refractivity contribution in [1.29, 1.82) is 0 Å². The van der Waals surface area contributed by atoms with Crippen molar-refractivity contribution in [3.05, 3.63) is 105 Å². The molecule has 2 atom stereocenters. The first-order valence-corrected chi connectivity index (χ1v) is 8.25. The van der Waals surface area contributed by atoms with E-state index in [1.807, 2.05) is 13.8 Å². The SMILES string of the molecule is C=C(OC(=C)C(C)c1ccc([N+](=O)[O-])cc1)C(C)c1ccc([N+](=O)[O-])cc1. The molecule has 7 heteroatoms. The molecule has 0 radical (unpaired) electrons. The van der Waals surface area contributed by atoms with Crippen LogP contribution in [0.15, 0.2) is 73.2 Å². The summed E-state index contributed by atoms with van der Waals surface area (Å²) in [6.07, 6.45) is 0. The highest BCUT2D eigenvalue weighted by Gasteiger charge is 2.18. The van der Waals surface area contributed by atoms with Crippen molar-refractivity contribution in [3.8, 4) is 0 Å². The number of rotatable bonds is 8. The molecule has 0 aliphatic heterocycles. The van der Waals surface area contributed by atoms with Crippen molar-refractivity contribution >= 4 is 11.4 Å². The van der Waals surface area contributed by atoms with E-state index in [1.165, 1.54) is 24.3 Å². The molecule has 0 N–H and O–H groups in total. The van der Waals surface area contributed by atoms with E-state index >= 15 is 0 Å². The molecule has 0 heterocycles. The Morgan fingerprint density at radius 1 is 0.778 bits per heavy atom. The van der Waals surface area contributed by atoms with E-state index < -0.39 is 9.85 Å². The van der Waals surface area contributed by atoms with E-state index in [-0.39, 0.29) is 23.2 Å². The van der Waals surface area contributed by atoms with Gasteiger partial charge in [-0.2, -0.15) is 0 Å². The van der Waals surface area contributed by atoms with Crippen LogP contribution in [-0.2, 0) is 4.74 Å². The fourth-order valence-electron chi connectivity index (χ4n) is 2.49. The summed E-state index contributed by atoms with van der Waals surface area (Å²) in [5.41, 5.74) is 1.71. The second-order valence-electron chi connectivity index (χ2n) is 6.18. The van der Waals surface area contributed by atoms with Crippen LogP contribution in [0.2, 0.25) is 0 Å². The zero-order valence-corrected chi connectivity index (χ0v) is 15.1. The molecule has 2 aromatic carbocycles. The van der Waals surface area contributed by atoms with Gasteiger partial charge in [0.2, 0.25) is 0 Å². The van der Waals surface area contributed by atoms with Crippen LogP contribution in [-0.4, -0.2) is 9.85 Å². The summed E-state index contributed by atoms with van der Waals surface area (Å²) < 4.78 is 5.78. The highest BCUT2D eigenvalue weighted by molar-refractivity contribution is 5.37. The lowest BCUT2D eigenvalue weighted by Crippen LogP contribution is -2.06. The first kappa shape index (κ1) is 19.8. The van der Waals surface area contributed by atoms with Crippen molar-refractivity contribution in [2.24, 2.45) is 0 Å². The van der Waals surface area contributed by atoms with Gasteiger partial charge in [-0.05, 0) is 11.1 Å². The molecule has 27 heavy (non-hydrogen) atoms. The molecule has 0 aliphatic rings. The number of nitro groups is 2. The minimum Gasteiger partial charge on any atom is -0.466 e. The first-order chi connectivity index (χ1) is 12.7. The first-order valence-electron chi connectivity index (χ1n) is 8.25. The van der Waals surface area contributed by atoms with Crippen LogP contribution in [0, 0.1) is 20.2 Å². The average Bonchev–Trinajstić information content (AvgIpc) is 2.66. The topological polar surface area (TPSA) is 95.5 Å². The Bertz CT molecular complexity index is 799. The molecule has 0 fully saturated rings. The van der Waals surface area contributed by atoms with Crippen LogP contribution in [0.1, 0.15) is 36.8 Å². The molecule has 0 aliphatic carbocycles. The summed E-state index contributed by atoms with van der Waals surface area (Å²) in [4.78, 5) is 20.6. The molecule has 0 spiro atoms. The Morgan fingerprint density at radius 2 is 1.07 bits per heavy atom. The number of benzene rings is 2. The van der Waals surface area contributed by atoms with E-state index in [4.69, 9.17) is 4.74 Å². The van der Waals surface area contributed by atoms with E-state index in [0.29, 0.717) is 11.5 Å². The predicted octanol–water partition coefficient (Wildman–Crippen LogP) is 5.45. The van der Waals surface area contributed by atoms with Crippen LogP contribution >= 0.6 is 0 Å². The van der Waals surface area contributed by atoms with Crippen molar-refractivity contribution in [3.63, 3.8) is 0 Å². The molecule has 2 unspecified atom stereocenters. The lowest BCUT2D eigenvalue weighted by molar-refractivity contribution is -0.385. The van der Waals surface area contributed by atoms with Gasteiger partial charge < -0.3 is 4.74 Å². The Balaban J connectivity index is 2.03. The van der Waals surface area contributed by atoms with Crippen molar-refractivity contribution in [1.82, 2.24) is 0 Å². The second-order valence-corrected chi connectivity index (χ2v) is 6.18. The fourth-order valence-corrected chi connectivity index (χ4v) is 2.49. The highest BCUT2D eigenvalue weighted by Crippen LogP contribution is 2.31. The van der Waals surface area contributed by atoms with E-state index in [2.05, 4.69) is 13.2 Å². The number of hydrogen-bond acceptors (Lipinski definition) is 5. The summed E-state index contributed by atoms with van der Waals surface area (Å²) in [5, 5.41) is 21.5. The third kappa shape index (κ3) is 4.78. The number of non-ortho nitro benzene ring substituents is 2. The quantitative estimate of drug-likeness (QED) is 0.350. The summed E-state index contributed by atoms with van der Waals surface area (Å²) in [6.45, 7) is 11.6. The van der Waals surface area contributed by atoms with Crippen LogP contribution < -0.4 is 0 Å². The van der Waals surface area contributed by atoms with Crippen LogP contribution in [0.4, 0.5) is 11.4 Å².